The van der Waals surface area contributed by atoms with Crippen LogP contribution < -0.4 is 5.32 Å². The lowest BCUT2D eigenvalue weighted by Crippen LogP contribution is -2.29. The molecule has 2 heterocycles. The molecule has 0 radical (unpaired) electrons. The summed E-state index contributed by atoms with van der Waals surface area (Å²) in [6, 6.07) is 8.18. The molecule has 1 fully saturated rings. The molecule has 134 valence electrons. The van der Waals surface area contributed by atoms with E-state index >= 15 is 0 Å². The van der Waals surface area contributed by atoms with Gasteiger partial charge in [-0.25, -0.2) is 4.98 Å². The molecule has 1 aliphatic rings. The first-order valence-electron chi connectivity index (χ1n) is 8.85. The zero-order valence-corrected chi connectivity index (χ0v) is 15.5. The predicted molar refractivity (Wildman–Crippen MR) is 104 cm³/mol. The number of anilines is 1. The molecule has 5 nitrogen and oxygen atoms in total. The van der Waals surface area contributed by atoms with Gasteiger partial charge in [-0.2, -0.15) is 0 Å². The fourth-order valence-corrected chi connectivity index (χ4v) is 4.13. The maximum Gasteiger partial charge on any atom is 0.228 e. The molecule has 1 aromatic carbocycles. The van der Waals surface area contributed by atoms with Crippen molar-refractivity contribution >= 4 is 33.8 Å². The zero-order valence-electron chi connectivity index (χ0n) is 14.6. The summed E-state index contributed by atoms with van der Waals surface area (Å²) >= 11 is 1.61. The van der Waals surface area contributed by atoms with Gasteiger partial charge in [0.15, 0.2) is 0 Å². The topological polar surface area (TPSA) is 64.1 Å². The Balaban J connectivity index is 1.50. The van der Waals surface area contributed by atoms with E-state index in [4.69, 9.17) is 4.74 Å². The number of methoxy groups -OCH3 is 1. The molecule has 1 amide bonds. The quantitative estimate of drug-likeness (QED) is 0.737. The highest BCUT2D eigenvalue weighted by Gasteiger charge is 2.26. The third-order valence-corrected chi connectivity index (χ3v) is 5.89. The summed E-state index contributed by atoms with van der Waals surface area (Å²) in [5.41, 5.74) is 2.96. The third kappa shape index (κ3) is 3.61. The van der Waals surface area contributed by atoms with Crippen LogP contribution in [0.3, 0.4) is 0 Å². The Morgan fingerprint density at radius 1 is 1.15 bits per heavy atom. The summed E-state index contributed by atoms with van der Waals surface area (Å²) in [7, 11) is 1.74. The lowest BCUT2D eigenvalue weighted by molar-refractivity contribution is -0.121. The summed E-state index contributed by atoms with van der Waals surface area (Å²) in [6.45, 7) is 0. The van der Waals surface area contributed by atoms with Gasteiger partial charge in [-0.1, -0.05) is 12.1 Å². The van der Waals surface area contributed by atoms with Crippen LogP contribution in [0.5, 0.6) is 0 Å². The average Bonchev–Trinajstić information content (AvgIpc) is 3.22. The van der Waals surface area contributed by atoms with Crippen molar-refractivity contribution < 1.29 is 9.53 Å². The van der Waals surface area contributed by atoms with E-state index in [1.165, 1.54) is 0 Å². The third-order valence-electron chi connectivity index (χ3n) is 5.07. The van der Waals surface area contributed by atoms with E-state index in [0.29, 0.717) is 11.9 Å². The molecule has 2 aromatic heterocycles. The Bertz CT molecular complexity index is 903. The number of carbonyl (C=O) groups is 1. The summed E-state index contributed by atoms with van der Waals surface area (Å²) in [4.78, 5) is 22.2. The smallest absolute Gasteiger partial charge is 0.228 e. The Morgan fingerprint density at radius 2 is 2.00 bits per heavy atom. The van der Waals surface area contributed by atoms with Crippen molar-refractivity contribution in [3.8, 4) is 10.4 Å². The number of benzene rings is 1. The second-order valence-electron chi connectivity index (χ2n) is 6.70. The molecule has 1 aliphatic carbocycles. The van der Waals surface area contributed by atoms with Crippen molar-refractivity contribution in [3.05, 3.63) is 42.2 Å². The fraction of sp³-hybridized carbons (Fsp3) is 0.350. The second kappa shape index (κ2) is 7.51. The Kier molecular flexibility index (Phi) is 4.95. The molecule has 6 heteroatoms. The molecule has 3 aromatic rings. The van der Waals surface area contributed by atoms with Gasteiger partial charge in [0.1, 0.15) is 5.82 Å². The SMILES string of the molecule is CO[C@H]1CC[C@H](C(=O)Nc2cc3cc(-c4cncs4)ccc3cn2)CC1. The maximum atomic E-state index is 12.6. The minimum Gasteiger partial charge on any atom is -0.381 e. The summed E-state index contributed by atoms with van der Waals surface area (Å²) in [5, 5.41) is 5.10. The van der Waals surface area contributed by atoms with Gasteiger partial charge in [0.2, 0.25) is 5.91 Å². The average molecular weight is 367 g/mol. The van der Waals surface area contributed by atoms with Crippen LogP contribution in [0.1, 0.15) is 25.7 Å². The summed E-state index contributed by atoms with van der Waals surface area (Å²) in [6.07, 6.45) is 7.59. The van der Waals surface area contributed by atoms with Crippen LogP contribution in [-0.4, -0.2) is 29.1 Å². The first-order valence-corrected chi connectivity index (χ1v) is 9.73. The molecule has 0 bridgehead atoms. The van der Waals surface area contributed by atoms with Crippen molar-refractivity contribution in [1.29, 1.82) is 0 Å². The number of amides is 1. The highest BCUT2D eigenvalue weighted by atomic mass is 32.1. The summed E-state index contributed by atoms with van der Waals surface area (Å²) in [5.74, 6) is 0.713. The number of ether oxygens (including phenoxy) is 1. The van der Waals surface area contributed by atoms with Gasteiger partial charge in [0, 0.05) is 30.8 Å². The number of carbonyl (C=O) groups excluding carboxylic acids is 1. The lowest BCUT2D eigenvalue weighted by Gasteiger charge is -2.26. The van der Waals surface area contributed by atoms with Crippen LogP contribution in [0.4, 0.5) is 5.82 Å². The Hall–Kier alpha value is -2.31. The molecule has 0 spiro atoms. The van der Waals surface area contributed by atoms with Crippen molar-refractivity contribution in [1.82, 2.24) is 9.97 Å². The molecular formula is C20H21N3O2S. The number of hydrogen-bond donors (Lipinski definition) is 1. The lowest BCUT2D eigenvalue weighted by atomic mass is 9.87. The van der Waals surface area contributed by atoms with Crippen LogP contribution in [0, 0.1) is 5.92 Å². The van der Waals surface area contributed by atoms with E-state index in [9.17, 15) is 4.79 Å². The number of nitrogens with zero attached hydrogens (tertiary/aromatic N) is 2. The van der Waals surface area contributed by atoms with E-state index in [-0.39, 0.29) is 11.8 Å². The Labute approximate surface area is 156 Å². The molecule has 1 N–H and O–H groups in total. The number of hydrogen-bond acceptors (Lipinski definition) is 5. The molecular weight excluding hydrogens is 346 g/mol. The van der Waals surface area contributed by atoms with Gasteiger partial charge < -0.3 is 10.1 Å². The van der Waals surface area contributed by atoms with E-state index in [1.54, 1.807) is 18.4 Å². The van der Waals surface area contributed by atoms with Crippen LogP contribution in [0.25, 0.3) is 21.2 Å². The number of nitrogens with one attached hydrogen (secondary N) is 1. The molecule has 1 saturated carbocycles. The van der Waals surface area contributed by atoms with E-state index < -0.39 is 0 Å². The summed E-state index contributed by atoms with van der Waals surface area (Å²) < 4.78 is 5.38. The van der Waals surface area contributed by atoms with Gasteiger partial charge in [0.05, 0.1) is 16.5 Å². The van der Waals surface area contributed by atoms with Crippen molar-refractivity contribution in [3.63, 3.8) is 0 Å². The number of pyridine rings is 1. The molecule has 0 saturated heterocycles. The molecule has 0 atom stereocenters. The molecule has 0 aliphatic heterocycles. The van der Waals surface area contributed by atoms with Gasteiger partial charge in [-0.3, -0.25) is 9.78 Å². The van der Waals surface area contributed by atoms with E-state index in [1.807, 2.05) is 24.0 Å². The number of fused-ring (bicyclic) bond motifs is 1. The van der Waals surface area contributed by atoms with E-state index in [0.717, 1.165) is 46.9 Å². The highest BCUT2D eigenvalue weighted by molar-refractivity contribution is 7.13. The number of thiazole rings is 1. The predicted octanol–water partition coefficient (Wildman–Crippen LogP) is 4.50. The van der Waals surface area contributed by atoms with E-state index in [2.05, 4.69) is 33.5 Å². The van der Waals surface area contributed by atoms with Crippen LogP contribution >= 0.6 is 11.3 Å². The fourth-order valence-electron chi connectivity index (χ4n) is 3.51. The van der Waals surface area contributed by atoms with Gasteiger partial charge >= 0.3 is 0 Å². The first kappa shape index (κ1) is 17.1. The van der Waals surface area contributed by atoms with Crippen LogP contribution in [-0.2, 0) is 9.53 Å². The van der Waals surface area contributed by atoms with Gasteiger partial charge in [-0.05, 0) is 48.8 Å². The Morgan fingerprint density at radius 3 is 2.73 bits per heavy atom. The monoisotopic (exact) mass is 367 g/mol. The van der Waals surface area contributed by atoms with Crippen molar-refractivity contribution in [2.75, 3.05) is 12.4 Å². The van der Waals surface area contributed by atoms with Gasteiger partial charge in [0.25, 0.3) is 0 Å². The maximum absolute atomic E-state index is 12.6. The number of rotatable bonds is 4. The molecule has 4 rings (SSSR count). The minimum absolute atomic E-state index is 0.0439. The van der Waals surface area contributed by atoms with Gasteiger partial charge in [-0.15, -0.1) is 11.3 Å². The highest BCUT2D eigenvalue weighted by Crippen LogP contribution is 2.29. The second-order valence-corrected chi connectivity index (χ2v) is 7.58. The molecule has 26 heavy (non-hydrogen) atoms. The minimum atomic E-state index is 0.0439. The molecule has 0 unspecified atom stereocenters. The van der Waals surface area contributed by atoms with Crippen LogP contribution in [0.15, 0.2) is 42.2 Å². The van der Waals surface area contributed by atoms with Crippen molar-refractivity contribution in [2.24, 2.45) is 5.92 Å². The first-order chi connectivity index (χ1) is 12.7. The number of aromatic nitrogens is 2. The normalized spacial score (nSPS) is 20.2. The largest absolute Gasteiger partial charge is 0.381 e. The zero-order chi connectivity index (χ0) is 17.9. The van der Waals surface area contributed by atoms with Crippen molar-refractivity contribution in [2.45, 2.75) is 31.8 Å². The van der Waals surface area contributed by atoms with Crippen LogP contribution in [0.2, 0.25) is 0 Å². The standard InChI is InChI=1S/C20H21N3O2S/c1-25-17-6-4-13(5-7-17)20(24)23-19-9-16-8-14(18-11-21-12-26-18)2-3-15(16)10-22-19/h2-3,8-13,17H,4-7H2,1H3,(H,22,23,24)/t13-,17-.